The monoisotopic (exact) mass is 283 g/mol. The van der Waals surface area contributed by atoms with Gasteiger partial charge in [0.2, 0.25) is 15.9 Å². The smallest absolute Gasteiger partial charge is 0.245 e. The van der Waals surface area contributed by atoms with Gasteiger partial charge in [0.05, 0.1) is 16.6 Å². The first-order valence-electron chi connectivity index (χ1n) is 6.11. The lowest BCUT2D eigenvalue weighted by Crippen LogP contribution is -2.47. The molecule has 104 valence electrons. The third-order valence-electron chi connectivity index (χ3n) is 3.18. The summed E-state index contributed by atoms with van der Waals surface area (Å²) in [6.07, 6.45) is 0.416. The average Bonchev–Trinajstić information content (AvgIpc) is 2.38. The van der Waals surface area contributed by atoms with Gasteiger partial charge in [-0.15, -0.1) is 0 Å². The zero-order valence-corrected chi connectivity index (χ0v) is 11.5. The Morgan fingerprint density at radius 2 is 2.11 bits per heavy atom. The highest BCUT2D eigenvalue weighted by Gasteiger charge is 2.35. The number of sulfonamides is 1. The van der Waals surface area contributed by atoms with Gasteiger partial charge in [-0.2, -0.15) is 0 Å². The molecule has 0 radical (unpaired) electrons. The molecule has 0 spiro atoms. The van der Waals surface area contributed by atoms with Crippen molar-refractivity contribution in [1.29, 1.82) is 0 Å². The minimum absolute atomic E-state index is 0.0408. The highest BCUT2D eigenvalue weighted by atomic mass is 32.2. The molecule has 2 rings (SSSR count). The molecule has 7 heteroatoms. The number of amides is 1. The number of hydrogen-bond donors (Lipinski definition) is 2. The molecule has 1 amide bonds. The van der Waals surface area contributed by atoms with E-state index >= 15 is 0 Å². The maximum Gasteiger partial charge on any atom is 0.245 e. The van der Waals surface area contributed by atoms with Crippen LogP contribution in [-0.2, 0) is 14.8 Å². The van der Waals surface area contributed by atoms with E-state index in [2.05, 4.69) is 5.32 Å². The van der Waals surface area contributed by atoms with E-state index < -0.39 is 15.3 Å². The van der Waals surface area contributed by atoms with Crippen LogP contribution in [0.2, 0.25) is 0 Å². The number of fused-ring (bicyclic) bond motifs is 1. The first-order valence-corrected chi connectivity index (χ1v) is 7.61. The van der Waals surface area contributed by atoms with E-state index in [9.17, 15) is 13.2 Å². The molecule has 0 aliphatic carbocycles. The summed E-state index contributed by atoms with van der Waals surface area (Å²) < 4.78 is 26.2. The summed E-state index contributed by atoms with van der Waals surface area (Å²) in [5.41, 5.74) is 6.53. The SMILES string of the molecule is CCC(CN)S(=O)(=O)N1CC(=O)Nc2ccccc21. The third-order valence-corrected chi connectivity index (χ3v) is 5.49. The van der Waals surface area contributed by atoms with Gasteiger partial charge in [0, 0.05) is 6.54 Å². The molecular formula is C12H17N3O3S. The van der Waals surface area contributed by atoms with Crippen LogP contribution < -0.4 is 15.4 Å². The second kappa shape index (κ2) is 5.18. The Labute approximate surface area is 112 Å². The molecule has 0 saturated heterocycles. The van der Waals surface area contributed by atoms with Crippen LogP contribution in [-0.4, -0.2) is 32.7 Å². The van der Waals surface area contributed by atoms with Crippen LogP contribution in [0.3, 0.4) is 0 Å². The molecule has 0 aromatic heterocycles. The number of nitrogens with zero attached hydrogens (tertiary/aromatic N) is 1. The van der Waals surface area contributed by atoms with Crippen molar-refractivity contribution in [2.75, 3.05) is 22.7 Å². The Kier molecular flexibility index (Phi) is 3.77. The lowest BCUT2D eigenvalue weighted by atomic mass is 10.2. The van der Waals surface area contributed by atoms with Crippen molar-refractivity contribution >= 4 is 27.3 Å². The number of carbonyl (C=O) groups excluding carboxylic acids is 1. The number of rotatable bonds is 4. The molecule has 0 bridgehead atoms. The highest BCUT2D eigenvalue weighted by molar-refractivity contribution is 7.93. The predicted molar refractivity (Wildman–Crippen MR) is 74.5 cm³/mol. The summed E-state index contributed by atoms with van der Waals surface area (Å²) in [6, 6.07) is 6.84. The fourth-order valence-corrected chi connectivity index (χ4v) is 3.86. The number of hydrogen-bond acceptors (Lipinski definition) is 4. The second-order valence-corrected chi connectivity index (χ2v) is 6.52. The summed E-state index contributed by atoms with van der Waals surface area (Å²) >= 11 is 0. The Balaban J connectivity index is 2.48. The van der Waals surface area contributed by atoms with Gasteiger partial charge in [0.15, 0.2) is 0 Å². The molecule has 1 aromatic rings. The van der Waals surface area contributed by atoms with E-state index in [0.29, 0.717) is 17.8 Å². The van der Waals surface area contributed by atoms with Crippen LogP contribution in [0.1, 0.15) is 13.3 Å². The van der Waals surface area contributed by atoms with Gasteiger partial charge in [-0.25, -0.2) is 8.42 Å². The molecule has 19 heavy (non-hydrogen) atoms. The lowest BCUT2D eigenvalue weighted by Gasteiger charge is -2.32. The molecule has 1 unspecified atom stereocenters. The largest absolute Gasteiger partial charge is 0.329 e. The summed E-state index contributed by atoms with van der Waals surface area (Å²) in [7, 11) is -3.62. The minimum Gasteiger partial charge on any atom is -0.329 e. The summed E-state index contributed by atoms with van der Waals surface area (Å²) in [4.78, 5) is 11.6. The molecule has 1 aliphatic rings. The van der Waals surface area contributed by atoms with E-state index in [-0.39, 0.29) is 19.0 Å². The second-order valence-electron chi connectivity index (χ2n) is 4.38. The van der Waals surface area contributed by atoms with E-state index in [1.807, 2.05) is 0 Å². The van der Waals surface area contributed by atoms with Gasteiger partial charge < -0.3 is 11.1 Å². The predicted octanol–water partition coefficient (Wildman–Crippen LogP) is 0.512. The number of nitrogens with two attached hydrogens (primary N) is 1. The van der Waals surface area contributed by atoms with E-state index in [0.717, 1.165) is 4.31 Å². The van der Waals surface area contributed by atoms with Gasteiger partial charge in [-0.05, 0) is 18.6 Å². The van der Waals surface area contributed by atoms with Crippen molar-refractivity contribution in [2.45, 2.75) is 18.6 Å². The van der Waals surface area contributed by atoms with Crippen molar-refractivity contribution < 1.29 is 13.2 Å². The van der Waals surface area contributed by atoms with Gasteiger partial charge in [0.1, 0.15) is 6.54 Å². The number of para-hydroxylation sites is 2. The van der Waals surface area contributed by atoms with Crippen molar-refractivity contribution in [3.05, 3.63) is 24.3 Å². The highest BCUT2D eigenvalue weighted by Crippen LogP contribution is 2.32. The van der Waals surface area contributed by atoms with Gasteiger partial charge in [-0.1, -0.05) is 19.1 Å². The van der Waals surface area contributed by atoms with Gasteiger partial charge in [0.25, 0.3) is 0 Å². The van der Waals surface area contributed by atoms with Crippen LogP contribution in [0.15, 0.2) is 24.3 Å². The standard InChI is InChI=1S/C12H17N3O3S/c1-2-9(7-13)19(17,18)15-8-12(16)14-10-5-3-4-6-11(10)15/h3-6,9H,2,7-8,13H2,1H3,(H,14,16). The molecule has 1 aromatic carbocycles. The number of benzene rings is 1. The van der Waals surface area contributed by atoms with Gasteiger partial charge in [-0.3, -0.25) is 9.10 Å². The fraction of sp³-hybridized carbons (Fsp3) is 0.417. The molecule has 1 heterocycles. The van der Waals surface area contributed by atoms with Crippen LogP contribution in [0.4, 0.5) is 11.4 Å². The van der Waals surface area contributed by atoms with Gasteiger partial charge >= 0.3 is 0 Å². The topological polar surface area (TPSA) is 92.5 Å². The van der Waals surface area contributed by atoms with E-state index in [1.54, 1.807) is 31.2 Å². The molecule has 1 aliphatic heterocycles. The van der Waals surface area contributed by atoms with Crippen LogP contribution in [0, 0.1) is 0 Å². The Morgan fingerprint density at radius 3 is 2.74 bits per heavy atom. The Bertz CT molecular complexity index is 582. The summed E-state index contributed by atoms with van der Waals surface area (Å²) in [5, 5.41) is 1.99. The fourth-order valence-electron chi connectivity index (χ4n) is 2.11. The minimum atomic E-state index is -3.62. The maximum atomic E-state index is 12.5. The molecule has 0 fully saturated rings. The normalized spacial score (nSPS) is 16.7. The Hall–Kier alpha value is -1.60. The van der Waals surface area contributed by atoms with Crippen LogP contribution >= 0.6 is 0 Å². The van der Waals surface area contributed by atoms with Crippen molar-refractivity contribution in [3.63, 3.8) is 0 Å². The maximum absolute atomic E-state index is 12.5. The molecule has 6 nitrogen and oxygen atoms in total. The molecule has 3 N–H and O–H groups in total. The van der Waals surface area contributed by atoms with E-state index in [1.165, 1.54) is 0 Å². The average molecular weight is 283 g/mol. The number of anilines is 2. The quantitative estimate of drug-likeness (QED) is 0.842. The Morgan fingerprint density at radius 1 is 1.42 bits per heavy atom. The first kappa shape index (κ1) is 13.8. The van der Waals surface area contributed by atoms with Crippen LogP contribution in [0.25, 0.3) is 0 Å². The van der Waals surface area contributed by atoms with Crippen molar-refractivity contribution in [2.24, 2.45) is 5.73 Å². The lowest BCUT2D eigenvalue weighted by molar-refractivity contribution is -0.115. The third kappa shape index (κ3) is 2.43. The van der Waals surface area contributed by atoms with E-state index in [4.69, 9.17) is 5.73 Å². The zero-order chi connectivity index (χ0) is 14.0. The zero-order valence-electron chi connectivity index (χ0n) is 10.7. The molecule has 1 atom stereocenters. The first-order chi connectivity index (χ1) is 9.00. The number of nitrogens with one attached hydrogen (secondary N) is 1. The molecule has 0 saturated carbocycles. The number of carbonyl (C=O) groups is 1. The van der Waals surface area contributed by atoms with Crippen molar-refractivity contribution in [1.82, 2.24) is 0 Å². The molecular weight excluding hydrogens is 266 g/mol. The van der Waals surface area contributed by atoms with Crippen LogP contribution in [0.5, 0.6) is 0 Å². The summed E-state index contributed by atoms with van der Waals surface area (Å²) in [6.45, 7) is 1.61. The summed E-state index contributed by atoms with van der Waals surface area (Å²) in [5.74, 6) is -0.339. The van der Waals surface area contributed by atoms with Crippen molar-refractivity contribution in [3.8, 4) is 0 Å².